The number of nitrogens with one attached hydrogen (secondary N) is 2. The van der Waals surface area contributed by atoms with Crippen LogP contribution < -0.4 is 16.4 Å². The molecular formula is C10H19N3O2. The van der Waals surface area contributed by atoms with E-state index in [1.807, 2.05) is 6.92 Å². The van der Waals surface area contributed by atoms with Crippen molar-refractivity contribution in [3.05, 3.63) is 0 Å². The number of hydrogen-bond acceptors (Lipinski definition) is 3. The Morgan fingerprint density at radius 1 is 1.73 bits per heavy atom. The Kier molecular flexibility index (Phi) is 4.55. The van der Waals surface area contributed by atoms with E-state index in [0.29, 0.717) is 25.9 Å². The highest BCUT2D eigenvalue weighted by atomic mass is 16.2. The first-order valence-corrected chi connectivity index (χ1v) is 5.40. The monoisotopic (exact) mass is 213 g/mol. The molecule has 2 unspecified atom stereocenters. The third-order valence-corrected chi connectivity index (χ3v) is 2.65. The van der Waals surface area contributed by atoms with Gasteiger partial charge in [-0.3, -0.25) is 9.59 Å². The molecule has 0 radical (unpaired) electrons. The highest BCUT2D eigenvalue weighted by Gasteiger charge is 2.21. The molecule has 0 saturated carbocycles. The molecule has 2 atom stereocenters. The SMILES string of the molecule is CC(CCN)C(=O)NCC1CCC(=O)N1. The number of nitrogens with two attached hydrogens (primary N) is 1. The van der Waals surface area contributed by atoms with Crippen molar-refractivity contribution >= 4 is 11.8 Å². The zero-order valence-corrected chi connectivity index (χ0v) is 9.08. The summed E-state index contributed by atoms with van der Waals surface area (Å²) in [6.45, 7) is 2.91. The van der Waals surface area contributed by atoms with Crippen molar-refractivity contribution in [2.24, 2.45) is 11.7 Å². The minimum Gasteiger partial charge on any atom is -0.354 e. The van der Waals surface area contributed by atoms with E-state index >= 15 is 0 Å². The van der Waals surface area contributed by atoms with E-state index in [1.165, 1.54) is 0 Å². The molecule has 1 rings (SSSR count). The van der Waals surface area contributed by atoms with Gasteiger partial charge in [-0.05, 0) is 19.4 Å². The average molecular weight is 213 g/mol. The van der Waals surface area contributed by atoms with Gasteiger partial charge in [0.05, 0.1) is 0 Å². The van der Waals surface area contributed by atoms with Crippen LogP contribution in [0.1, 0.15) is 26.2 Å². The van der Waals surface area contributed by atoms with Crippen molar-refractivity contribution in [2.75, 3.05) is 13.1 Å². The molecule has 5 nitrogen and oxygen atoms in total. The zero-order valence-electron chi connectivity index (χ0n) is 9.08. The first-order chi connectivity index (χ1) is 7.13. The average Bonchev–Trinajstić information content (AvgIpc) is 2.61. The van der Waals surface area contributed by atoms with E-state index in [1.54, 1.807) is 0 Å². The van der Waals surface area contributed by atoms with Gasteiger partial charge in [-0.1, -0.05) is 6.92 Å². The smallest absolute Gasteiger partial charge is 0.222 e. The van der Waals surface area contributed by atoms with Crippen molar-refractivity contribution in [3.8, 4) is 0 Å². The van der Waals surface area contributed by atoms with Gasteiger partial charge >= 0.3 is 0 Å². The van der Waals surface area contributed by atoms with Crippen molar-refractivity contribution in [1.82, 2.24) is 10.6 Å². The standard InChI is InChI=1S/C10H19N3O2/c1-7(4-5-11)10(15)12-6-8-2-3-9(14)13-8/h7-8H,2-6,11H2,1H3,(H,12,15)(H,13,14). The van der Waals surface area contributed by atoms with E-state index in [9.17, 15) is 9.59 Å². The van der Waals surface area contributed by atoms with Gasteiger partial charge in [-0.15, -0.1) is 0 Å². The minimum atomic E-state index is -0.0490. The maximum absolute atomic E-state index is 11.5. The fourth-order valence-corrected chi connectivity index (χ4v) is 1.61. The Balaban J connectivity index is 2.19. The zero-order chi connectivity index (χ0) is 11.3. The lowest BCUT2D eigenvalue weighted by molar-refractivity contribution is -0.125. The highest BCUT2D eigenvalue weighted by molar-refractivity contribution is 5.80. The molecule has 0 aromatic heterocycles. The maximum Gasteiger partial charge on any atom is 0.222 e. The molecule has 1 fully saturated rings. The van der Waals surface area contributed by atoms with Crippen LogP contribution in [0.15, 0.2) is 0 Å². The Bertz CT molecular complexity index is 243. The summed E-state index contributed by atoms with van der Waals surface area (Å²) in [4.78, 5) is 22.4. The number of carbonyl (C=O) groups is 2. The predicted molar refractivity (Wildman–Crippen MR) is 57.0 cm³/mol. The fourth-order valence-electron chi connectivity index (χ4n) is 1.61. The summed E-state index contributed by atoms with van der Waals surface area (Å²) in [7, 11) is 0. The second-order valence-electron chi connectivity index (χ2n) is 4.03. The van der Waals surface area contributed by atoms with Gasteiger partial charge in [-0.25, -0.2) is 0 Å². The number of carbonyl (C=O) groups excluding carboxylic acids is 2. The Morgan fingerprint density at radius 3 is 3.00 bits per heavy atom. The van der Waals surface area contributed by atoms with Gasteiger partial charge in [0.2, 0.25) is 11.8 Å². The third-order valence-electron chi connectivity index (χ3n) is 2.65. The van der Waals surface area contributed by atoms with Crippen molar-refractivity contribution in [2.45, 2.75) is 32.2 Å². The molecule has 0 bridgehead atoms. The molecular weight excluding hydrogens is 194 g/mol. The van der Waals surface area contributed by atoms with E-state index in [4.69, 9.17) is 5.73 Å². The summed E-state index contributed by atoms with van der Waals surface area (Å²) in [6.07, 6.45) is 2.08. The molecule has 0 aromatic carbocycles. The molecule has 0 spiro atoms. The third kappa shape index (κ3) is 3.87. The van der Waals surface area contributed by atoms with Crippen molar-refractivity contribution in [1.29, 1.82) is 0 Å². The molecule has 4 N–H and O–H groups in total. The van der Waals surface area contributed by atoms with Crippen LogP contribution in [0.2, 0.25) is 0 Å². The predicted octanol–water partition coefficient (Wildman–Crippen LogP) is -0.634. The summed E-state index contributed by atoms with van der Waals surface area (Å²) in [6, 6.07) is 0.103. The van der Waals surface area contributed by atoms with Gasteiger partial charge in [0.1, 0.15) is 0 Å². The van der Waals surface area contributed by atoms with Crippen LogP contribution >= 0.6 is 0 Å². The lowest BCUT2D eigenvalue weighted by atomic mass is 10.1. The van der Waals surface area contributed by atoms with Crippen LogP contribution in [-0.4, -0.2) is 30.9 Å². The molecule has 1 aliphatic heterocycles. The van der Waals surface area contributed by atoms with Gasteiger partial charge in [0, 0.05) is 24.9 Å². The molecule has 0 aliphatic carbocycles. The topological polar surface area (TPSA) is 84.2 Å². The van der Waals surface area contributed by atoms with E-state index in [-0.39, 0.29) is 23.8 Å². The first-order valence-electron chi connectivity index (χ1n) is 5.40. The van der Waals surface area contributed by atoms with Gasteiger partial charge in [0.25, 0.3) is 0 Å². The normalized spacial score (nSPS) is 22.3. The Hall–Kier alpha value is -1.10. The number of amides is 2. The Labute approximate surface area is 89.8 Å². The quantitative estimate of drug-likeness (QED) is 0.568. The van der Waals surface area contributed by atoms with Crippen LogP contribution in [0.5, 0.6) is 0 Å². The van der Waals surface area contributed by atoms with Crippen LogP contribution in [0, 0.1) is 5.92 Å². The summed E-state index contributed by atoms with van der Waals surface area (Å²) < 4.78 is 0. The summed E-state index contributed by atoms with van der Waals surface area (Å²) in [5.74, 6) is 0.0398. The van der Waals surface area contributed by atoms with Crippen molar-refractivity contribution < 1.29 is 9.59 Å². The second kappa shape index (κ2) is 5.70. The minimum absolute atomic E-state index is 0.0154. The largest absolute Gasteiger partial charge is 0.354 e. The van der Waals surface area contributed by atoms with Crippen LogP contribution in [0.3, 0.4) is 0 Å². The summed E-state index contributed by atoms with van der Waals surface area (Å²) in [5, 5.41) is 5.62. The summed E-state index contributed by atoms with van der Waals surface area (Å²) >= 11 is 0. The highest BCUT2D eigenvalue weighted by Crippen LogP contribution is 2.06. The van der Waals surface area contributed by atoms with Gasteiger partial charge in [0.15, 0.2) is 0 Å². The van der Waals surface area contributed by atoms with E-state index in [0.717, 1.165) is 6.42 Å². The number of hydrogen-bond donors (Lipinski definition) is 3. The molecule has 86 valence electrons. The summed E-state index contributed by atoms with van der Waals surface area (Å²) in [5.41, 5.74) is 5.37. The lowest BCUT2D eigenvalue weighted by Gasteiger charge is -2.14. The second-order valence-corrected chi connectivity index (χ2v) is 4.03. The van der Waals surface area contributed by atoms with E-state index in [2.05, 4.69) is 10.6 Å². The number of rotatable bonds is 5. The molecule has 2 amide bonds. The molecule has 1 aliphatic rings. The van der Waals surface area contributed by atoms with Gasteiger partial charge < -0.3 is 16.4 Å². The molecule has 1 saturated heterocycles. The fraction of sp³-hybridized carbons (Fsp3) is 0.800. The first kappa shape index (κ1) is 12.0. The maximum atomic E-state index is 11.5. The van der Waals surface area contributed by atoms with Crippen molar-refractivity contribution in [3.63, 3.8) is 0 Å². The Morgan fingerprint density at radius 2 is 2.47 bits per heavy atom. The molecule has 15 heavy (non-hydrogen) atoms. The van der Waals surface area contributed by atoms with Crippen LogP contribution in [-0.2, 0) is 9.59 Å². The van der Waals surface area contributed by atoms with E-state index < -0.39 is 0 Å². The van der Waals surface area contributed by atoms with Crippen LogP contribution in [0.25, 0.3) is 0 Å². The molecule has 1 heterocycles. The lowest BCUT2D eigenvalue weighted by Crippen LogP contribution is -2.40. The molecule has 5 heteroatoms. The van der Waals surface area contributed by atoms with Crippen LogP contribution in [0.4, 0.5) is 0 Å². The van der Waals surface area contributed by atoms with Gasteiger partial charge in [-0.2, -0.15) is 0 Å². The molecule has 0 aromatic rings.